The molecule has 3 atom stereocenters. The average Bonchev–Trinajstić information content (AvgIpc) is 2.98. The van der Waals surface area contributed by atoms with Gasteiger partial charge in [-0.25, -0.2) is 4.79 Å². The summed E-state index contributed by atoms with van der Waals surface area (Å²) in [6.07, 6.45) is 9.90. The van der Waals surface area contributed by atoms with Crippen molar-refractivity contribution >= 4 is 29.5 Å². The summed E-state index contributed by atoms with van der Waals surface area (Å²) < 4.78 is 0. The van der Waals surface area contributed by atoms with E-state index in [1.807, 2.05) is 0 Å². The molecular formula is C27H49N5O6. The van der Waals surface area contributed by atoms with E-state index in [1.165, 1.54) is 4.90 Å². The first kappa shape index (κ1) is 33.7. The zero-order valence-electron chi connectivity index (χ0n) is 22.8. The number of Topliss-reactive ketones (excluding diaryl/α,β-unsaturated/α-hetero) is 1. The fourth-order valence-electron chi connectivity index (χ4n) is 4.74. The quantitative estimate of drug-likeness (QED) is 0.143. The molecule has 1 aliphatic rings. The zero-order valence-corrected chi connectivity index (χ0v) is 22.8. The Morgan fingerprint density at radius 2 is 1.45 bits per heavy atom. The van der Waals surface area contributed by atoms with E-state index in [9.17, 15) is 29.1 Å². The number of unbranched alkanes of at least 4 members (excludes halogenated alkanes) is 8. The van der Waals surface area contributed by atoms with E-state index in [0.717, 1.165) is 25.7 Å². The van der Waals surface area contributed by atoms with Crippen LogP contribution in [0.2, 0.25) is 0 Å². The van der Waals surface area contributed by atoms with Gasteiger partial charge in [0.05, 0.1) is 12.1 Å². The predicted octanol–water partition coefficient (Wildman–Crippen LogP) is 1.74. The van der Waals surface area contributed by atoms with Gasteiger partial charge in [0.15, 0.2) is 5.78 Å². The third-order valence-electron chi connectivity index (χ3n) is 7.02. The van der Waals surface area contributed by atoms with Crippen molar-refractivity contribution in [1.29, 1.82) is 0 Å². The summed E-state index contributed by atoms with van der Waals surface area (Å²) in [7, 11) is 0. The second-order valence-corrected chi connectivity index (χ2v) is 10.2. The first-order chi connectivity index (χ1) is 18.2. The van der Waals surface area contributed by atoms with Crippen LogP contribution in [0.3, 0.4) is 0 Å². The molecule has 0 aromatic carbocycles. The molecule has 3 amide bonds. The van der Waals surface area contributed by atoms with Crippen molar-refractivity contribution in [1.82, 2.24) is 10.2 Å². The highest BCUT2D eigenvalue weighted by molar-refractivity contribution is 6.03. The van der Waals surface area contributed by atoms with E-state index in [4.69, 9.17) is 17.2 Å². The number of imide groups is 1. The van der Waals surface area contributed by atoms with Crippen molar-refractivity contribution in [3.05, 3.63) is 0 Å². The maximum absolute atomic E-state index is 12.9. The van der Waals surface area contributed by atoms with E-state index in [0.29, 0.717) is 70.9 Å². The monoisotopic (exact) mass is 539 g/mol. The van der Waals surface area contributed by atoms with Gasteiger partial charge in [0.25, 0.3) is 0 Å². The molecule has 1 rings (SSSR count). The minimum absolute atomic E-state index is 0.0876. The van der Waals surface area contributed by atoms with Gasteiger partial charge in [-0.1, -0.05) is 38.5 Å². The van der Waals surface area contributed by atoms with Crippen LogP contribution in [0.15, 0.2) is 0 Å². The van der Waals surface area contributed by atoms with Gasteiger partial charge in [-0.05, 0) is 64.5 Å². The molecule has 1 saturated heterocycles. The van der Waals surface area contributed by atoms with Crippen molar-refractivity contribution in [2.24, 2.45) is 17.2 Å². The highest BCUT2D eigenvalue weighted by Crippen LogP contribution is 2.22. The topological polar surface area (TPSA) is 199 Å². The SMILES string of the molecule is NCCCCCCCC(=O)N1C(=O)CC[C@H](N)C(=O)C1CCCCCCC(=O)N[C@@H](CCCCN)C(=O)O. The van der Waals surface area contributed by atoms with E-state index in [2.05, 4.69) is 5.32 Å². The Hall–Kier alpha value is -2.37. The molecule has 0 saturated carbocycles. The number of hydrogen-bond acceptors (Lipinski definition) is 8. The number of amides is 3. The number of hydrogen-bond donors (Lipinski definition) is 5. The van der Waals surface area contributed by atoms with Gasteiger partial charge >= 0.3 is 5.97 Å². The lowest BCUT2D eigenvalue weighted by atomic mass is 9.97. The first-order valence-corrected chi connectivity index (χ1v) is 14.3. The van der Waals surface area contributed by atoms with Crippen LogP contribution in [-0.2, 0) is 24.0 Å². The summed E-state index contributed by atoms with van der Waals surface area (Å²) >= 11 is 0. The summed E-state index contributed by atoms with van der Waals surface area (Å²) in [5, 5.41) is 11.8. The predicted molar refractivity (Wildman–Crippen MR) is 145 cm³/mol. The van der Waals surface area contributed by atoms with Gasteiger partial charge in [0.2, 0.25) is 17.7 Å². The Bertz CT molecular complexity index is 762. The van der Waals surface area contributed by atoms with E-state index in [-0.39, 0.29) is 49.2 Å². The largest absolute Gasteiger partial charge is 0.480 e. The Labute approximate surface area is 226 Å². The fourth-order valence-corrected chi connectivity index (χ4v) is 4.74. The van der Waals surface area contributed by atoms with Gasteiger partial charge in [0, 0.05) is 19.3 Å². The number of likely N-dealkylation sites (tertiary alicyclic amines) is 1. The maximum Gasteiger partial charge on any atom is 0.326 e. The minimum atomic E-state index is -1.05. The Morgan fingerprint density at radius 3 is 2.11 bits per heavy atom. The van der Waals surface area contributed by atoms with Crippen LogP contribution in [0, 0.1) is 0 Å². The van der Waals surface area contributed by atoms with Crippen LogP contribution in [-0.4, -0.2) is 70.7 Å². The van der Waals surface area contributed by atoms with E-state index >= 15 is 0 Å². The molecule has 0 bridgehead atoms. The molecule has 1 unspecified atom stereocenters. The van der Waals surface area contributed by atoms with E-state index in [1.54, 1.807) is 0 Å². The molecule has 1 fully saturated rings. The number of nitrogens with zero attached hydrogens (tertiary/aromatic N) is 1. The van der Waals surface area contributed by atoms with E-state index < -0.39 is 24.1 Å². The smallest absolute Gasteiger partial charge is 0.326 e. The lowest BCUT2D eigenvalue weighted by Gasteiger charge is -2.28. The minimum Gasteiger partial charge on any atom is -0.480 e. The van der Waals surface area contributed by atoms with Crippen LogP contribution in [0.25, 0.3) is 0 Å². The molecule has 38 heavy (non-hydrogen) atoms. The molecule has 0 aromatic rings. The van der Waals surface area contributed by atoms with Gasteiger partial charge in [0.1, 0.15) is 6.04 Å². The number of aliphatic carboxylic acids is 1. The maximum atomic E-state index is 12.9. The summed E-state index contributed by atoms with van der Waals surface area (Å²) in [5.41, 5.74) is 16.9. The molecule has 11 nitrogen and oxygen atoms in total. The summed E-state index contributed by atoms with van der Waals surface area (Å²) in [6, 6.07) is -2.50. The van der Waals surface area contributed by atoms with Gasteiger partial charge in [-0.15, -0.1) is 0 Å². The van der Waals surface area contributed by atoms with Crippen LogP contribution < -0.4 is 22.5 Å². The molecule has 0 spiro atoms. The van der Waals surface area contributed by atoms with Crippen LogP contribution >= 0.6 is 0 Å². The third kappa shape index (κ3) is 12.9. The highest BCUT2D eigenvalue weighted by atomic mass is 16.4. The third-order valence-corrected chi connectivity index (χ3v) is 7.02. The number of carbonyl (C=O) groups is 5. The molecule has 0 radical (unpaired) electrons. The molecule has 1 heterocycles. The Morgan fingerprint density at radius 1 is 0.868 bits per heavy atom. The first-order valence-electron chi connectivity index (χ1n) is 14.3. The summed E-state index contributed by atoms with van der Waals surface area (Å²) in [4.78, 5) is 63.3. The number of nitrogens with one attached hydrogen (secondary N) is 1. The number of carbonyl (C=O) groups excluding carboxylic acids is 4. The highest BCUT2D eigenvalue weighted by Gasteiger charge is 2.39. The Kier molecular flexibility index (Phi) is 17.4. The average molecular weight is 540 g/mol. The van der Waals surface area contributed by atoms with Crippen LogP contribution in [0.1, 0.15) is 109 Å². The molecule has 8 N–H and O–H groups in total. The normalized spacial score (nSPS) is 18.8. The lowest BCUT2D eigenvalue weighted by molar-refractivity contribution is -0.150. The second kappa shape index (κ2) is 19.7. The van der Waals surface area contributed by atoms with Gasteiger partial charge < -0.3 is 27.6 Å². The van der Waals surface area contributed by atoms with Crippen molar-refractivity contribution in [2.45, 2.75) is 127 Å². The van der Waals surface area contributed by atoms with Crippen molar-refractivity contribution < 1.29 is 29.1 Å². The molecule has 11 heteroatoms. The zero-order chi connectivity index (χ0) is 28.3. The van der Waals surface area contributed by atoms with Gasteiger partial charge in [-0.2, -0.15) is 0 Å². The number of carboxylic acids is 1. The number of ketones is 1. The number of nitrogens with two attached hydrogens (primary N) is 3. The van der Waals surface area contributed by atoms with Crippen LogP contribution in [0.4, 0.5) is 0 Å². The molecule has 218 valence electrons. The number of carboxylic acid groups (broad SMARTS) is 1. The molecule has 0 aromatic heterocycles. The lowest BCUT2D eigenvalue weighted by Crippen LogP contribution is -2.50. The van der Waals surface area contributed by atoms with Crippen LogP contribution in [0.5, 0.6) is 0 Å². The molecular weight excluding hydrogens is 490 g/mol. The van der Waals surface area contributed by atoms with Crippen molar-refractivity contribution in [2.75, 3.05) is 13.1 Å². The molecule has 0 aliphatic carbocycles. The summed E-state index contributed by atoms with van der Waals surface area (Å²) in [5.74, 6) is -2.26. The fraction of sp³-hybridized carbons (Fsp3) is 0.815. The molecule has 1 aliphatic heterocycles. The Balaban J connectivity index is 2.50. The number of rotatable bonds is 20. The standard InChI is InChI=1S/C27H49N5O6/c28-18-10-5-1-2-8-15-24(34)32-22(26(36)20(30)16-17-25(32)35)13-6-3-4-7-14-23(33)31-21(27(37)38)12-9-11-19-29/h20-22H,1-19,28-30H2,(H,31,33)(H,37,38)/t20-,21-,22?/m0/s1. The van der Waals surface area contributed by atoms with Crippen molar-refractivity contribution in [3.8, 4) is 0 Å². The second-order valence-electron chi connectivity index (χ2n) is 10.2. The summed E-state index contributed by atoms with van der Waals surface area (Å²) in [6.45, 7) is 1.13. The van der Waals surface area contributed by atoms with Crippen molar-refractivity contribution in [3.63, 3.8) is 0 Å². The van der Waals surface area contributed by atoms with Gasteiger partial charge in [-0.3, -0.25) is 24.1 Å².